The Labute approximate surface area is 211 Å². The Balaban J connectivity index is 1.50. The first-order valence-electron chi connectivity index (χ1n) is 10.6. The third kappa shape index (κ3) is 5.56. The molecule has 1 saturated heterocycles. The summed E-state index contributed by atoms with van der Waals surface area (Å²) in [4.78, 5) is 65.5. The van der Waals surface area contributed by atoms with E-state index < -0.39 is 40.5 Å². The maximum atomic E-state index is 13.0. The fourth-order valence-corrected chi connectivity index (χ4v) is 6.41. The van der Waals surface area contributed by atoms with Crippen molar-refractivity contribution >= 4 is 59.3 Å². The molecule has 190 valence electrons. The number of allylic oxidation sites excluding steroid dienone is 1. The highest BCUT2D eigenvalue weighted by atomic mass is 32.2. The van der Waals surface area contributed by atoms with Gasteiger partial charge in [-0.15, -0.1) is 22.0 Å². The normalized spacial score (nSPS) is 21.9. The van der Waals surface area contributed by atoms with Gasteiger partial charge in [0.05, 0.1) is 12.1 Å². The second kappa shape index (κ2) is 10.9. The lowest BCUT2D eigenvalue weighted by Crippen LogP contribution is -2.70. The summed E-state index contributed by atoms with van der Waals surface area (Å²) in [5, 5.41) is 27.8. The molecule has 0 aliphatic carbocycles. The van der Waals surface area contributed by atoms with Crippen molar-refractivity contribution in [3.63, 3.8) is 0 Å². The number of carbonyl (C=O) groups excluding carboxylic acids is 4. The number of hydrogen-bond donors (Lipinski definition) is 5. The average molecular weight is 536 g/mol. The molecule has 0 spiro atoms. The number of thioether (sulfide) groups is 2. The quantitative estimate of drug-likeness (QED) is 0.176. The number of H-pyrrole nitrogens is 1. The van der Waals surface area contributed by atoms with Crippen LogP contribution in [-0.4, -0.2) is 95.4 Å². The Morgan fingerprint density at radius 1 is 1.36 bits per heavy atom. The topological polar surface area (TPSA) is 226 Å². The number of urea groups is 1. The van der Waals surface area contributed by atoms with Crippen molar-refractivity contribution < 1.29 is 29.1 Å². The van der Waals surface area contributed by atoms with E-state index >= 15 is 0 Å². The van der Waals surface area contributed by atoms with Crippen molar-refractivity contribution in [3.8, 4) is 0 Å². The predicted molar refractivity (Wildman–Crippen MR) is 127 cm³/mol. The molecule has 6 N–H and O–H groups in total. The highest BCUT2D eigenvalue weighted by Gasteiger charge is 2.54. The molecule has 0 bridgehead atoms. The molecule has 4 amide bonds. The van der Waals surface area contributed by atoms with Gasteiger partial charge < -0.3 is 21.5 Å². The number of aromatic amines is 1. The molecular weight excluding hydrogens is 514 g/mol. The summed E-state index contributed by atoms with van der Waals surface area (Å²) >= 11 is 2.44. The first-order chi connectivity index (χ1) is 17.2. The van der Waals surface area contributed by atoms with Gasteiger partial charge in [-0.3, -0.25) is 24.3 Å². The number of tetrazole rings is 1. The Bertz CT molecular complexity index is 1180. The maximum Gasteiger partial charge on any atom is 0.352 e. The van der Waals surface area contributed by atoms with E-state index in [-0.39, 0.29) is 48.2 Å². The molecule has 1 aromatic heterocycles. The van der Waals surface area contributed by atoms with Gasteiger partial charge >= 0.3 is 12.0 Å². The lowest BCUT2D eigenvalue weighted by molar-refractivity contribution is -0.150. The number of nitrogens with zero attached hydrogens (tertiary/aromatic N) is 5. The van der Waals surface area contributed by atoms with Gasteiger partial charge in [-0.1, -0.05) is 11.8 Å². The fourth-order valence-electron chi connectivity index (χ4n) is 3.87. The number of β-lactam (4-membered cyclic amide) rings is 1. The van der Waals surface area contributed by atoms with Gasteiger partial charge in [-0.25, -0.2) is 9.59 Å². The summed E-state index contributed by atoms with van der Waals surface area (Å²) in [5.41, 5.74) is 5.70. The summed E-state index contributed by atoms with van der Waals surface area (Å²) in [6.07, 6.45) is 3.00. The highest BCUT2D eigenvalue weighted by Crippen LogP contribution is 2.44. The molecule has 15 nitrogen and oxygen atoms in total. The maximum absolute atomic E-state index is 13.0. The van der Waals surface area contributed by atoms with Crippen LogP contribution in [0.2, 0.25) is 0 Å². The first kappa shape index (κ1) is 25.4. The number of amides is 4. The van der Waals surface area contributed by atoms with Gasteiger partial charge in [0.1, 0.15) is 17.1 Å². The molecule has 0 radical (unpaired) electrons. The van der Waals surface area contributed by atoms with Crippen molar-refractivity contribution in [1.82, 2.24) is 36.2 Å². The van der Waals surface area contributed by atoms with Crippen LogP contribution in [-0.2, 0) is 19.2 Å². The van der Waals surface area contributed by atoms with Crippen LogP contribution in [0.25, 0.3) is 0 Å². The summed E-state index contributed by atoms with van der Waals surface area (Å²) in [7, 11) is 0. The largest absolute Gasteiger partial charge is 0.477 e. The second-order valence-electron chi connectivity index (χ2n) is 7.81. The molecule has 36 heavy (non-hydrogen) atoms. The minimum Gasteiger partial charge on any atom is -0.477 e. The average Bonchev–Trinajstić information content (AvgIpc) is 3.34. The van der Waals surface area contributed by atoms with E-state index in [1.807, 2.05) is 0 Å². The zero-order chi connectivity index (χ0) is 25.8. The number of carbonyl (C=O) groups is 5. The number of nitrogens with two attached hydrogens (primary N) is 1. The van der Waals surface area contributed by atoms with Crippen LogP contribution in [0.4, 0.5) is 4.79 Å². The zero-order valence-corrected chi connectivity index (χ0v) is 20.2. The van der Waals surface area contributed by atoms with Crippen LogP contribution < -0.4 is 16.4 Å². The molecule has 1 aromatic rings. The molecule has 3 aliphatic rings. The summed E-state index contributed by atoms with van der Waals surface area (Å²) < 4.78 is 0. The first-order valence-corrected chi connectivity index (χ1v) is 12.6. The lowest BCUT2D eigenvalue weighted by atomic mass is 10.00. The van der Waals surface area contributed by atoms with Gasteiger partial charge in [0.25, 0.3) is 5.91 Å². The minimum absolute atomic E-state index is 0.156. The lowest BCUT2D eigenvalue weighted by Gasteiger charge is -2.50. The van der Waals surface area contributed by atoms with E-state index in [4.69, 9.17) is 5.73 Å². The van der Waals surface area contributed by atoms with E-state index in [0.717, 1.165) is 16.7 Å². The fraction of sp³-hybridized carbons (Fsp3) is 0.421. The number of primary amides is 1. The molecule has 17 heteroatoms. The van der Waals surface area contributed by atoms with Crippen LogP contribution in [0.15, 0.2) is 33.2 Å². The summed E-state index contributed by atoms with van der Waals surface area (Å²) in [6.45, 7) is 0.156. The van der Waals surface area contributed by atoms with E-state index in [0.29, 0.717) is 11.3 Å². The third-order valence-electron chi connectivity index (χ3n) is 5.40. The highest BCUT2D eigenvalue weighted by molar-refractivity contribution is 8.01. The van der Waals surface area contributed by atoms with Crippen LogP contribution in [0.3, 0.4) is 0 Å². The number of aliphatic carboxylic acids is 1. The molecule has 4 rings (SSSR count). The van der Waals surface area contributed by atoms with Gasteiger partial charge in [0.2, 0.25) is 11.1 Å². The molecule has 0 saturated carbocycles. The molecule has 4 heterocycles. The van der Waals surface area contributed by atoms with E-state index in [1.54, 1.807) is 0 Å². The Kier molecular flexibility index (Phi) is 7.68. The van der Waals surface area contributed by atoms with Gasteiger partial charge in [0, 0.05) is 36.3 Å². The van der Waals surface area contributed by atoms with E-state index in [1.165, 1.54) is 24.1 Å². The molecule has 0 aromatic carbocycles. The number of hydrogen-bond acceptors (Lipinski definition) is 11. The number of carboxylic acids is 1. The number of aliphatic imine (C=N–C) groups is 1. The number of rotatable bonds is 10. The molecule has 2 unspecified atom stereocenters. The molecule has 1 fully saturated rings. The van der Waals surface area contributed by atoms with Crippen molar-refractivity contribution in [1.29, 1.82) is 0 Å². The van der Waals surface area contributed by atoms with Crippen molar-refractivity contribution in [2.24, 2.45) is 10.7 Å². The standard InChI is InChI=1S/C19H21N9O6S2/c20-18(34)22-4-2-11(36-19-24-26-27-25-19)10-7-35-16-13(15(31)28(16)14(10)17(32)33)23-12(30)6-8-5-9(29)1-3-21-8/h3,5,11,13,16H,1-2,4,6-7H2,(H,23,30)(H,32,33)(H3,20,22,34)(H,24,25,26,27)/t11?,13?,16-/m0/s1. The van der Waals surface area contributed by atoms with E-state index in [2.05, 4.69) is 36.3 Å². The Morgan fingerprint density at radius 2 is 2.17 bits per heavy atom. The number of carboxylic acid groups (broad SMARTS) is 1. The number of fused-ring (bicyclic) bond motifs is 1. The van der Waals surface area contributed by atoms with Crippen LogP contribution in [0, 0.1) is 0 Å². The van der Waals surface area contributed by atoms with Crippen molar-refractivity contribution in [2.75, 3.05) is 12.3 Å². The molecule has 3 atom stereocenters. The summed E-state index contributed by atoms with van der Waals surface area (Å²) in [5.74, 6) is -2.27. The Morgan fingerprint density at radius 3 is 2.83 bits per heavy atom. The monoisotopic (exact) mass is 535 g/mol. The minimum atomic E-state index is -1.30. The van der Waals surface area contributed by atoms with Gasteiger partial charge in [0.15, 0.2) is 5.78 Å². The molecular formula is C19H21N9O6S2. The van der Waals surface area contributed by atoms with E-state index in [9.17, 15) is 29.1 Å². The van der Waals surface area contributed by atoms with Crippen LogP contribution in [0.1, 0.15) is 19.3 Å². The van der Waals surface area contributed by atoms with Gasteiger partial charge in [-0.05, 0) is 17.2 Å². The SMILES string of the molecule is NC(=O)NCCC(Sc1nn[nH]n1)C1=C(C(=O)O)N2C(=O)C(NC(=O)CC3=CC(=O)CC=N3)[C@@H]2SC1. The van der Waals surface area contributed by atoms with Crippen molar-refractivity contribution in [2.45, 2.75) is 41.1 Å². The second-order valence-corrected chi connectivity index (χ2v) is 10.1. The van der Waals surface area contributed by atoms with Gasteiger partial charge in [-0.2, -0.15) is 5.21 Å². The summed E-state index contributed by atoms with van der Waals surface area (Å²) in [6, 6.07) is -1.64. The molecule has 3 aliphatic heterocycles. The number of nitrogens with one attached hydrogen (secondary N) is 3. The third-order valence-corrected chi connectivity index (χ3v) is 7.89. The van der Waals surface area contributed by atoms with Crippen molar-refractivity contribution in [3.05, 3.63) is 23.0 Å². The van der Waals surface area contributed by atoms with Crippen LogP contribution >= 0.6 is 23.5 Å². The smallest absolute Gasteiger partial charge is 0.352 e. The number of ketones is 1. The van der Waals surface area contributed by atoms with Crippen LogP contribution in [0.5, 0.6) is 0 Å². The Hall–Kier alpha value is -3.73. The predicted octanol–water partition coefficient (Wildman–Crippen LogP) is -1.22. The zero-order valence-electron chi connectivity index (χ0n) is 18.5. The number of aromatic nitrogens is 4.